The van der Waals surface area contributed by atoms with Crippen LogP contribution >= 0.6 is 0 Å². The van der Waals surface area contributed by atoms with Crippen LogP contribution in [0.4, 0.5) is 5.69 Å². The van der Waals surface area contributed by atoms with E-state index >= 15 is 0 Å². The zero-order chi connectivity index (χ0) is 20.8. The van der Waals surface area contributed by atoms with Crippen molar-refractivity contribution in [2.75, 3.05) is 5.32 Å². The van der Waals surface area contributed by atoms with Gasteiger partial charge in [-0.25, -0.2) is 4.68 Å². The molecule has 1 aliphatic heterocycles. The van der Waals surface area contributed by atoms with Crippen molar-refractivity contribution in [2.45, 2.75) is 25.0 Å². The molecule has 3 heterocycles. The number of carbonyl (C=O) groups is 1. The second kappa shape index (κ2) is 7.09. The largest absolute Gasteiger partial charge is 0.361 e. The number of nitrogens with zero attached hydrogens (tertiary/aromatic N) is 4. The van der Waals surface area contributed by atoms with E-state index in [1.54, 1.807) is 12.4 Å². The number of hydrogen-bond acceptors (Lipinski definition) is 4. The highest BCUT2D eigenvalue weighted by molar-refractivity contribution is 6.02. The van der Waals surface area contributed by atoms with Crippen LogP contribution in [0.25, 0.3) is 16.9 Å². The van der Waals surface area contributed by atoms with Crippen molar-refractivity contribution in [2.24, 2.45) is 0 Å². The Balaban J connectivity index is 1.53. The van der Waals surface area contributed by atoms with Crippen molar-refractivity contribution in [3.05, 3.63) is 96.4 Å². The van der Waals surface area contributed by atoms with E-state index in [1.165, 1.54) is 0 Å². The maximum atomic E-state index is 13.5. The smallest absolute Gasteiger partial charge is 0.258 e. The fourth-order valence-corrected chi connectivity index (χ4v) is 4.26. The standard InChI is InChI=1S/C25H21N5O/c31-25-20-8-4-5-9-22(20)27-24(30(25)19-10-11-19)21-16-29(18-6-2-1-3-7-18)28-23(21)17-12-14-26-15-13-17/h1-9,12-16,19,24,27H,10-11H2/t24-/m0/s1. The van der Waals surface area contributed by atoms with Gasteiger partial charge in [0, 0.05) is 41.4 Å². The van der Waals surface area contributed by atoms with E-state index in [9.17, 15) is 4.79 Å². The quantitative estimate of drug-likeness (QED) is 0.534. The molecule has 152 valence electrons. The zero-order valence-corrected chi connectivity index (χ0v) is 16.8. The third kappa shape index (κ3) is 3.08. The Morgan fingerprint density at radius 2 is 1.65 bits per heavy atom. The molecule has 1 atom stereocenters. The summed E-state index contributed by atoms with van der Waals surface area (Å²) < 4.78 is 1.89. The first-order valence-corrected chi connectivity index (χ1v) is 10.5. The minimum atomic E-state index is -0.282. The van der Waals surface area contributed by atoms with E-state index in [2.05, 4.69) is 10.3 Å². The average molecular weight is 407 g/mol. The molecular weight excluding hydrogens is 386 g/mol. The lowest BCUT2D eigenvalue weighted by Gasteiger charge is -2.38. The Bertz CT molecular complexity index is 1250. The molecule has 0 bridgehead atoms. The lowest BCUT2D eigenvalue weighted by Crippen LogP contribution is -2.44. The maximum Gasteiger partial charge on any atom is 0.258 e. The number of carbonyl (C=O) groups excluding carboxylic acids is 1. The van der Waals surface area contributed by atoms with Gasteiger partial charge in [-0.1, -0.05) is 30.3 Å². The molecule has 1 amide bonds. The first-order chi connectivity index (χ1) is 15.3. The lowest BCUT2D eigenvalue weighted by atomic mass is 10.0. The molecule has 2 aromatic carbocycles. The molecule has 0 spiro atoms. The topological polar surface area (TPSA) is 63.1 Å². The molecule has 1 N–H and O–H groups in total. The van der Waals surface area contributed by atoms with Crippen LogP contribution in [0.3, 0.4) is 0 Å². The maximum absolute atomic E-state index is 13.5. The molecule has 6 nitrogen and oxygen atoms in total. The van der Waals surface area contributed by atoms with Gasteiger partial charge in [-0.05, 0) is 49.2 Å². The van der Waals surface area contributed by atoms with E-state index in [0.29, 0.717) is 0 Å². The summed E-state index contributed by atoms with van der Waals surface area (Å²) in [6.45, 7) is 0. The van der Waals surface area contributed by atoms with Crippen molar-refractivity contribution < 1.29 is 4.79 Å². The number of aromatic nitrogens is 3. The molecule has 6 rings (SSSR count). The second-order valence-corrected chi connectivity index (χ2v) is 7.99. The fourth-order valence-electron chi connectivity index (χ4n) is 4.26. The molecule has 31 heavy (non-hydrogen) atoms. The van der Waals surface area contributed by atoms with E-state index in [4.69, 9.17) is 5.10 Å². The van der Waals surface area contributed by atoms with Crippen LogP contribution in [0.5, 0.6) is 0 Å². The number of hydrogen-bond donors (Lipinski definition) is 1. The molecule has 0 radical (unpaired) electrons. The minimum Gasteiger partial charge on any atom is -0.361 e. The Morgan fingerprint density at radius 1 is 0.903 bits per heavy atom. The first-order valence-electron chi connectivity index (χ1n) is 10.5. The van der Waals surface area contributed by atoms with Crippen LogP contribution in [0.15, 0.2) is 85.3 Å². The van der Waals surface area contributed by atoms with Gasteiger partial charge >= 0.3 is 0 Å². The van der Waals surface area contributed by atoms with Crippen molar-refractivity contribution >= 4 is 11.6 Å². The van der Waals surface area contributed by atoms with Gasteiger partial charge in [-0.15, -0.1) is 0 Å². The minimum absolute atomic E-state index is 0.0787. The zero-order valence-electron chi connectivity index (χ0n) is 16.8. The molecule has 2 aliphatic rings. The molecule has 1 saturated carbocycles. The summed E-state index contributed by atoms with van der Waals surface area (Å²) in [5.41, 5.74) is 5.37. The normalized spacial score (nSPS) is 17.9. The van der Waals surface area contributed by atoms with Crippen molar-refractivity contribution in [3.8, 4) is 16.9 Å². The van der Waals surface area contributed by atoms with Gasteiger partial charge in [0.1, 0.15) is 6.17 Å². The van der Waals surface area contributed by atoms with Gasteiger partial charge in [0.15, 0.2) is 0 Å². The third-order valence-electron chi connectivity index (χ3n) is 5.91. The van der Waals surface area contributed by atoms with E-state index in [0.717, 1.165) is 46.6 Å². The van der Waals surface area contributed by atoms with Crippen LogP contribution in [-0.2, 0) is 0 Å². The molecule has 6 heteroatoms. The van der Waals surface area contributed by atoms with E-state index < -0.39 is 0 Å². The number of amides is 1. The van der Waals surface area contributed by atoms with Crippen LogP contribution in [0, 0.1) is 0 Å². The summed E-state index contributed by atoms with van der Waals surface area (Å²) >= 11 is 0. The molecule has 2 aromatic heterocycles. The number of pyridine rings is 1. The predicted molar refractivity (Wildman–Crippen MR) is 119 cm³/mol. The monoisotopic (exact) mass is 407 g/mol. The highest BCUT2D eigenvalue weighted by atomic mass is 16.2. The Morgan fingerprint density at radius 3 is 2.42 bits per heavy atom. The molecule has 0 unspecified atom stereocenters. The number of para-hydroxylation sites is 2. The van der Waals surface area contributed by atoms with Crippen molar-refractivity contribution in [1.82, 2.24) is 19.7 Å². The SMILES string of the molecule is O=C1c2ccccc2N[C@H](c2cn(-c3ccccc3)nc2-c2ccncc2)N1C1CC1. The number of nitrogens with one attached hydrogen (secondary N) is 1. The summed E-state index contributed by atoms with van der Waals surface area (Å²) in [6.07, 6.45) is 7.37. The summed E-state index contributed by atoms with van der Waals surface area (Å²) in [5, 5.41) is 8.56. The van der Waals surface area contributed by atoms with Gasteiger partial charge in [-0.2, -0.15) is 5.10 Å². The third-order valence-corrected chi connectivity index (χ3v) is 5.91. The van der Waals surface area contributed by atoms with Crippen molar-refractivity contribution in [1.29, 1.82) is 0 Å². The van der Waals surface area contributed by atoms with Crippen LogP contribution in [0.1, 0.15) is 34.9 Å². The molecule has 0 saturated heterocycles. The van der Waals surface area contributed by atoms with Crippen LogP contribution < -0.4 is 5.32 Å². The lowest BCUT2D eigenvalue weighted by molar-refractivity contribution is 0.0667. The number of fused-ring (bicyclic) bond motifs is 1. The average Bonchev–Trinajstić information content (AvgIpc) is 3.57. The summed E-state index contributed by atoms with van der Waals surface area (Å²) in [7, 11) is 0. The van der Waals surface area contributed by atoms with Crippen LogP contribution in [-0.4, -0.2) is 31.6 Å². The summed E-state index contributed by atoms with van der Waals surface area (Å²) in [5.74, 6) is 0.0787. The van der Waals surface area contributed by atoms with Gasteiger partial charge in [-0.3, -0.25) is 9.78 Å². The van der Waals surface area contributed by atoms with E-state index in [-0.39, 0.29) is 18.1 Å². The van der Waals surface area contributed by atoms with E-state index in [1.807, 2.05) is 82.5 Å². The van der Waals surface area contributed by atoms with Crippen molar-refractivity contribution in [3.63, 3.8) is 0 Å². The highest BCUT2D eigenvalue weighted by Crippen LogP contribution is 2.43. The molecule has 1 aliphatic carbocycles. The fraction of sp³-hybridized carbons (Fsp3) is 0.160. The Labute approximate surface area is 180 Å². The van der Waals surface area contributed by atoms with Gasteiger partial charge in [0.25, 0.3) is 5.91 Å². The molecule has 4 aromatic rings. The Kier molecular flexibility index (Phi) is 4.09. The van der Waals surface area contributed by atoms with Crippen LogP contribution in [0.2, 0.25) is 0 Å². The van der Waals surface area contributed by atoms with Gasteiger partial charge in [0.2, 0.25) is 0 Å². The predicted octanol–water partition coefficient (Wildman–Crippen LogP) is 4.66. The molecule has 1 fully saturated rings. The number of rotatable bonds is 4. The number of benzene rings is 2. The van der Waals surface area contributed by atoms with Gasteiger partial charge < -0.3 is 10.2 Å². The van der Waals surface area contributed by atoms with Gasteiger partial charge in [0.05, 0.1) is 16.9 Å². The second-order valence-electron chi connectivity index (χ2n) is 7.99. The number of anilines is 1. The highest BCUT2D eigenvalue weighted by Gasteiger charge is 2.43. The Hall–Kier alpha value is -3.93. The molecular formula is C25H21N5O. The first kappa shape index (κ1) is 17.9. The summed E-state index contributed by atoms with van der Waals surface area (Å²) in [4.78, 5) is 19.6. The summed E-state index contributed by atoms with van der Waals surface area (Å²) in [6, 6.07) is 22.0.